The van der Waals surface area contributed by atoms with Gasteiger partial charge in [0.15, 0.2) is 0 Å². The Morgan fingerprint density at radius 3 is 2.45 bits per heavy atom. The Bertz CT molecular complexity index is 925. The molecule has 0 bridgehead atoms. The Balaban J connectivity index is 1.23. The predicted octanol–water partition coefficient (Wildman–Crippen LogP) is 1.99. The Labute approximate surface area is 183 Å². The number of nitrogens with zero attached hydrogens (tertiary/aromatic N) is 2. The van der Waals surface area contributed by atoms with E-state index in [1.807, 2.05) is 55.1 Å². The van der Waals surface area contributed by atoms with Crippen molar-refractivity contribution in [3.8, 4) is 0 Å². The lowest BCUT2D eigenvalue weighted by Gasteiger charge is -2.35. The van der Waals surface area contributed by atoms with Crippen molar-refractivity contribution in [2.75, 3.05) is 38.0 Å². The Hall–Kier alpha value is -2.74. The molecule has 2 aliphatic heterocycles. The van der Waals surface area contributed by atoms with Gasteiger partial charge in [0.05, 0.1) is 6.54 Å². The van der Waals surface area contributed by atoms with Gasteiger partial charge in [-0.2, -0.15) is 0 Å². The summed E-state index contributed by atoms with van der Waals surface area (Å²) in [6, 6.07) is 16.0. The van der Waals surface area contributed by atoms with Gasteiger partial charge in [0.2, 0.25) is 11.8 Å². The van der Waals surface area contributed by atoms with E-state index in [0.29, 0.717) is 32.7 Å². The highest BCUT2D eigenvalue weighted by atomic mass is 16.2. The minimum Gasteiger partial charge on any atom is -0.339 e. The van der Waals surface area contributed by atoms with Crippen LogP contribution in [0.3, 0.4) is 0 Å². The maximum Gasteiger partial charge on any atom is 0.241 e. The SMILES string of the molecule is Cc1cccc(NC(=O)CN2CCN(C(=O)C3CC(c4ccccc4)NN3)CC2)c1C. The van der Waals surface area contributed by atoms with Gasteiger partial charge < -0.3 is 10.2 Å². The molecule has 4 rings (SSSR count). The zero-order chi connectivity index (χ0) is 21.8. The monoisotopic (exact) mass is 421 g/mol. The quantitative estimate of drug-likeness (QED) is 0.688. The minimum atomic E-state index is -0.218. The van der Waals surface area contributed by atoms with Gasteiger partial charge in [-0.25, -0.2) is 10.9 Å². The minimum absolute atomic E-state index is 0.0131. The molecular weight excluding hydrogens is 390 g/mol. The molecule has 2 atom stereocenters. The first-order valence-corrected chi connectivity index (χ1v) is 10.9. The number of carbonyl (C=O) groups excluding carboxylic acids is 2. The van der Waals surface area contributed by atoms with Crippen LogP contribution in [0.1, 0.15) is 29.2 Å². The van der Waals surface area contributed by atoms with Gasteiger partial charge in [0, 0.05) is 37.9 Å². The van der Waals surface area contributed by atoms with Gasteiger partial charge in [-0.05, 0) is 43.0 Å². The third-order valence-electron chi connectivity index (χ3n) is 6.33. The molecule has 164 valence electrons. The van der Waals surface area contributed by atoms with E-state index < -0.39 is 0 Å². The molecule has 2 aromatic carbocycles. The predicted molar refractivity (Wildman–Crippen MR) is 121 cm³/mol. The van der Waals surface area contributed by atoms with Gasteiger partial charge >= 0.3 is 0 Å². The first-order chi connectivity index (χ1) is 15.0. The molecule has 2 saturated heterocycles. The lowest BCUT2D eigenvalue weighted by atomic mass is 10.0. The summed E-state index contributed by atoms with van der Waals surface area (Å²) in [6.07, 6.45) is 0.737. The third-order valence-corrected chi connectivity index (χ3v) is 6.33. The standard InChI is InChI=1S/C24H31N5O2/c1-17-7-6-10-20(18(17)2)25-23(30)16-28-11-13-29(14-12-28)24(31)22-15-21(26-27-22)19-8-4-3-5-9-19/h3-10,21-22,26-27H,11-16H2,1-2H3,(H,25,30). The number of benzene rings is 2. The Morgan fingerprint density at radius 2 is 1.71 bits per heavy atom. The summed E-state index contributed by atoms with van der Waals surface area (Å²) in [5.41, 5.74) is 10.7. The lowest BCUT2D eigenvalue weighted by Crippen LogP contribution is -2.54. The smallest absolute Gasteiger partial charge is 0.241 e. The molecule has 2 amide bonds. The average Bonchev–Trinajstić information content (AvgIpc) is 3.28. The fourth-order valence-corrected chi connectivity index (χ4v) is 4.25. The van der Waals surface area contributed by atoms with Gasteiger partial charge in [-0.15, -0.1) is 0 Å². The topological polar surface area (TPSA) is 76.7 Å². The normalized spacial score (nSPS) is 21.8. The van der Waals surface area contributed by atoms with Crippen molar-refractivity contribution in [3.63, 3.8) is 0 Å². The van der Waals surface area contributed by atoms with Crippen LogP contribution in [-0.2, 0) is 9.59 Å². The highest BCUT2D eigenvalue weighted by Gasteiger charge is 2.34. The number of carbonyl (C=O) groups is 2. The number of nitrogens with one attached hydrogen (secondary N) is 3. The molecule has 3 N–H and O–H groups in total. The molecule has 0 aromatic heterocycles. The number of amides is 2. The fourth-order valence-electron chi connectivity index (χ4n) is 4.25. The van der Waals surface area contributed by atoms with Crippen LogP contribution >= 0.6 is 0 Å². The summed E-state index contributed by atoms with van der Waals surface area (Å²) < 4.78 is 0. The molecular formula is C24H31N5O2. The first-order valence-electron chi connectivity index (χ1n) is 10.9. The van der Waals surface area contributed by atoms with E-state index in [4.69, 9.17) is 0 Å². The van der Waals surface area contributed by atoms with Crippen molar-refractivity contribution in [2.24, 2.45) is 0 Å². The zero-order valence-corrected chi connectivity index (χ0v) is 18.2. The van der Waals surface area contributed by atoms with E-state index in [0.717, 1.165) is 23.2 Å². The van der Waals surface area contributed by atoms with Crippen molar-refractivity contribution in [3.05, 3.63) is 65.2 Å². The fraction of sp³-hybridized carbons (Fsp3) is 0.417. The molecule has 2 fully saturated rings. The maximum atomic E-state index is 12.9. The van der Waals surface area contributed by atoms with Gasteiger partial charge in [0.1, 0.15) is 6.04 Å². The van der Waals surface area contributed by atoms with Crippen molar-refractivity contribution in [1.82, 2.24) is 20.7 Å². The molecule has 0 spiro atoms. The Morgan fingerprint density at radius 1 is 0.968 bits per heavy atom. The van der Waals surface area contributed by atoms with Gasteiger partial charge in [0.25, 0.3) is 0 Å². The lowest BCUT2D eigenvalue weighted by molar-refractivity contribution is -0.135. The highest BCUT2D eigenvalue weighted by Crippen LogP contribution is 2.23. The van der Waals surface area contributed by atoms with Crippen LogP contribution in [0.15, 0.2) is 48.5 Å². The van der Waals surface area contributed by atoms with Crippen LogP contribution in [-0.4, -0.2) is 60.4 Å². The molecule has 2 heterocycles. The summed E-state index contributed by atoms with van der Waals surface area (Å²) in [5.74, 6) is 0.117. The van der Waals surface area contributed by atoms with Gasteiger partial charge in [-0.1, -0.05) is 42.5 Å². The summed E-state index contributed by atoms with van der Waals surface area (Å²) in [7, 11) is 0. The van der Waals surface area contributed by atoms with Crippen LogP contribution in [0.5, 0.6) is 0 Å². The molecule has 0 radical (unpaired) electrons. The summed E-state index contributed by atoms with van der Waals surface area (Å²) >= 11 is 0. The summed E-state index contributed by atoms with van der Waals surface area (Å²) in [4.78, 5) is 29.4. The number of hydrazine groups is 1. The largest absolute Gasteiger partial charge is 0.339 e. The average molecular weight is 422 g/mol. The number of hydrogen-bond donors (Lipinski definition) is 3. The van der Waals surface area contributed by atoms with Crippen molar-refractivity contribution in [2.45, 2.75) is 32.4 Å². The number of anilines is 1. The summed E-state index contributed by atoms with van der Waals surface area (Å²) in [6.45, 7) is 7.09. The summed E-state index contributed by atoms with van der Waals surface area (Å²) in [5, 5.41) is 3.02. The van der Waals surface area contributed by atoms with Gasteiger partial charge in [-0.3, -0.25) is 14.5 Å². The molecule has 2 aromatic rings. The Kier molecular flexibility index (Phi) is 6.65. The molecule has 2 unspecified atom stereocenters. The van der Waals surface area contributed by atoms with Crippen LogP contribution in [0, 0.1) is 13.8 Å². The second-order valence-electron chi connectivity index (χ2n) is 8.44. The van der Waals surface area contributed by atoms with Crippen LogP contribution < -0.4 is 16.2 Å². The van der Waals surface area contributed by atoms with Crippen molar-refractivity contribution in [1.29, 1.82) is 0 Å². The first kappa shape index (κ1) is 21.5. The number of aryl methyl sites for hydroxylation is 1. The number of piperazine rings is 1. The van der Waals surface area contributed by atoms with Crippen LogP contribution in [0.2, 0.25) is 0 Å². The van der Waals surface area contributed by atoms with E-state index in [2.05, 4.69) is 33.2 Å². The van der Waals surface area contributed by atoms with Crippen molar-refractivity contribution >= 4 is 17.5 Å². The molecule has 31 heavy (non-hydrogen) atoms. The second-order valence-corrected chi connectivity index (χ2v) is 8.44. The zero-order valence-electron chi connectivity index (χ0n) is 18.2. The highest BCUT2D eigenvalue weighted by molar-refractivity contribution is 5.93. The van der Waals surface area contributed by atoms with E-state index in [1.165, 1.54) is 5.56 Å². The second kappa shape index (κ2) is 9.60. The molecule has 7 nitrogen and oxygen atoms in total. The van der Waals surface area contributed by atoms with E-state index in [-0.39, 0.29) is 23.9 Å². The van der Waals surface area contributed by atoms with E-state index >= 15 is 0 Å². The van der Waals surface area contributed by atoms with E-state index in [9.17, 15) is 9.59 Å². The van der Waals surface area contributed by atoms with Crippen LogP contribution in [0.4, 0.5) is 5.69 Å². The van der Waals surface area contributed by atoms with Crippen molar-refractivity contribution < 1.29 is 9.59 Å². The third kappa shape index (κ3) is 5.12. The molecule has 7 heteroatoms. The molecule has 0 saturated carbocycles. The number of hydrogen-bond acceptors (Lipinski definition) is 5. The van der Waals surface area contributed by atoms with Crippen LogP contribution in [0.25, 0.3) is 0 Å². The number of rotatable bonds is 5. The van der Waals surface area contributed by atoms with E-state index in [1.54, 1.807) is 0 Å². The molecule has 0 aliphatic carbocycles. The molecule has 2 aliphatic rings. The maximum absolute atomic E-state index is 12.9.